The molecular weight excluding hydrogens is 389 g/mol. The van der Waals surface area contributed by atoms with Crippen LogP contribution >= 0.6 is 11.3 Å². The van der Waals surface area contributed by atoms with Crippen molar-refractivity contribution in [1.29, 1.82) is 0 Å². The van der Waals surface area contributed by atoms with Crippen molar-refractivity contribution in [3.05, 3.63) is 51.7 Å². The van der Waals surface area contributed by atoms with Gasteiger partial charge in [-0.1, -0.05) is 19.3 Å². The summed E-state index contributed by atoms with van der Waals surface area (Å²) in [7, 11) is 0. The Kier molecular flexibility index (Phi) is 6.06. The zero-order valence-corrected chi connectivity index (χ0v) is 17.2. The second kappa shape index (κ2) is 8.71. The lowest BCUT2D eigenvalue weighted by Crippen LogP contribution is -2.48. The first kappa shape index (κ1) is 20.2. The second-order valence-corrected chi connectivity index (χ2v) is 8.91. The summed E-state index contributed by atoms with van der Waals surface area (Å²) < 4.78 is 13.1. The molecule has 5 nitrogen and oxygen atoms in total. The Labute approximate surface area is 174 Å². The maximum Gasteiger partial charge on any atom is 0.240 e. The summed E-state index contributed by atoms with van der Waals surface area (Å²) in [5.41, 5.74) is 7.11. The predicted molar refractivity (Wildman–Crippen MR) is 110 cm³/mol. The molecule has 2 aromatic rings. The third-order valence-electron chi connectivity index (χ3n) is 6.12. The standard InChI is InChI=1S/C22H26FN3O2S/c23-16-10-8-15(9-11-16)20(27)17-13-29-21(25-17)18-7-4-12-26(18)22(28)19(24)14-5-2-1-3-6-14/h8-11,13-14,18-19H,1-7,12,24H2/t18-,19-/m0/s1. The van der Waals surface area contributed by atoms with E-state index in [0.717, 1.165) is 43.5 Å². The third kappa shape index (κ3) is 4.26. The molecule has 1 saturated heterocycles. The van der Waals surface area contributed by atoms with Crippen LogP contribution in [-0.2, 0) is 4.79 Å². The lowest BCUT2D eigenvalue weighted by Gasteiger charge is -2.32. The molecule has 7 heteroatoms. The summed E-state index contributed by atoms with van der Waals surface area (Å²) >= 11 is 1.40. The summed E-state index contributed by atoms with van der Waals surface area (Å²) in [5.74, 6) is -0.331. The zero-order valence-electron chi connectivity index (χ0n) is 16.4. The number of hydrogen-bond acceptors (Lipinski definition) is 5. The highest BCUT2D eigenvalue weighted by Crippen LogP contribution is 2.36. The van der Waals surface area contributed by atoms with Gasteiger partial charge in [-0.3, -0.25) is 9.59 Å². The minimum absolute atomic E-state index is 0.0148. The van der Waals surface area contributed by atoms with Crippen molar-refractivity contribution in [2.75, 3.05) is 6.54 Å². The van der Waals surface area contributed by atoms with Gasteiger partial charge >= 0.3 is 0 Å². The normalized spacial score (nSPS) is 21.3. The van der Waals surface area contributed by atoms with E-state index in [0.29, 0.717) is 17.8 Å². The molecule has 29 heavy (non-hydrogen) atoms. The quantitative estimate of drug-likeness (QED) is 0.747. The minimum atomic E-state index is -0.448. The van der Waals surface area contributed by atoms with Gasteiger partial charge in [0.1, 0.15) is 16.5 Å². The summed E-state index contributed by atoms with van der Waals surface area (Å²) in [6.45, 7) is 0.685. The molecular formula is C22H26FN3O2S. The number of hydrogen-bond donors (Lipinski definition) is 1. The predicted octanol–water partition coefficient (Wildman–Crippen LogP) is 4.08. The number of nitrogens with two attached hydrogens (primary N) is 1. The Morgan fingerprint density at radius 3 is 2.55 bits per heavy atom. The topological polar surface area (TPSA) is 76.3 Å². The number of benzene rings is 1. The molecule has 2 aliphatic rings. The van der Waals surface area contributed by atoms with Gasteiger partial charge < -0.3 is 10.6 Å². The molecule has 1 aliphatic carbocycles. The molecule has 2 N–H and O–H groups in total. The van der Waals surface area contributed by atoms with Crippen LogP contribution in [0, 0.1) is 11.7 Å². The first-order valence-electron chi connectivity index (χ1n) is 10.4. The number of amides is 1. The Morgan fingerprint density at radius 1 is 1.10 bits per heavy atom. The fourth-order valence-corrected chi connectivity index (χ4v) is 5.41. The van der Waals surface area contributed by atoms with Crippen LogP contribution < -0.4 is 5.73 Å². The number of carbonyl (C=O) groups is 2. The van der Waals surface area contributed by atoms with Crippen LogP contribution in [0.15, 0.2) is 29.6 Å². The van der Waals surface area contributed by atoms with Crippen LogP contribution in [0.5, 0.6) is 0 Å². The summed E-state index contributed by atoms with van der Waals surface area (Å²) in [6.07, 6.45) is 7.33. The van der Waals surface area contributed by atoms with Gasteiger partial charge in [0, 0.05) is 17.5 Å². The van der Waals surface area contributed by atoms with Gasteiger partial charge in [-0.2, -0.15) is 0 Å². The van der Waals surface area contributed by atoms with E-state index in [2.05, 4.69) is 4.98 Å². The fourth-order valence-electron chi connectivity index (χ4n) is 4.47. The van der Waals surface area contributed by atoms with Gasteiger partial charge in [0.15, 0.2) is 0 Å². The number of nitrogens with zero attached hydrogens (tertiary/aromatic N) is 2. The Hall–Kier alpha value is -2.12. The molecule has 4 rings (SSSR count). The number of carbonyl (C=O) groups excluding carboxylic acids is 2. The van der Waals surface area contributed by atoms with Crippen molar-refractivity contribution in [1.82, 2.24) is 9.88 Å². The van der Waals surface area contributed by atoms with Gasteiger partial charge in [-0.05, 0) is 55.9 Å². The maximum absolute atomic E-state index is 13.1. The molecule has 0 radical (unpaired) electrons. The number of aromatic nitrogens is 1. The van der Waals surface area contributed by atoms with E-state index in [1.54, 1.807) is 5.38 Å². The van der Waals surface area contributed by atoms with E-state index in [1.165, 1.54) is 42.0 Å². The number of likely N-dealkylation sites (tertiary alicyclic amines) is 1. The largest absolute Gasteiger partial charge is 0.332 e. The van der Waals surface area contributed by atoms with Crippen LogP contribution in [0.1, 0.15) is 72.0 Å². The van der Waals surface area contributed by atoms with Gasteiger partial charge in [0.05, 0.1) is 12.1 Å². The Morgan fingerprint density at radius 2 is 1.83 bits per heavy atom. The molecule has 1 aliphatic heterocycles. The maximum atomic E-state index is 13.1. The van der Waals surface area contributed by atoms with Gasteiger partial charge in [0.25, 0.3) is 0 Å². The molecule has 0 unspecified atom stereocenters. The highest BCUT2D eigenvalue weighted by Gasteiger charge is 2.37. The van der Waals surface area contributed by atoms with E-state index in [4.69, 9.17) is 5.73 Å². The smallest absolute Gasteiger partial charge is 0.240 e. The van der Waals surface area contributed by atoms with E-state index in [1.807, 2.05) is 4.90 Å². The highest BCUT2D eigenvalue weighted by molar-refractivity contribution is 7.10. The van der Waals surface area contributed by atoms with Crippen LogP contribution in [0.25, 0.3) is 0 Å². The Bertz CT molecular complexity index is 876. The van der Waals surface area contributed by atoms with Crippen LogP contribution in [0.2, 0.25) is 0 Å². The summed E-state index contributed by atoms with van der Waals surface area (Å²) in [5, 5.41) is 2.50. The molecule has 2 heterocycles. The van der Waals surface area contributed by atoms with E-state index in [9.17, 15) is 14.0 Å². The van der Waals surface area contributed by atoms with Crippen LogP contribution in [-0.4, -0.2) is 34.2 Å². The lowest BCUT2D eigenvalue weighted by atomic mass is 9.83. The highest BCUT2D eigenvalue weighted by atomic mass is 32.1. The molecule has 0 bridgehead atoms. The van der Waals surface area contributed by atoms with Crippen molar-refractivity contribution in [3.8, 4) is 0 Å². The SMILES string of the molecule is N[C@H](C(=O)N1CCC[C@H]1c1nc(C(=O)c2ccc(F)cc2)cs1)C1CCCCC1. The van der Waals surface area contributed by atoms with E-state index < -0.39 is 6.04 Å². The summed E-state index contributed by atoms with van der Waals surface area (Å²) in [4.78, 5) is 32.1. The molecule has 1 aromatic heterocycles. The second-order valence-electron chi connectivity index (χ2n) is 8.02. The van der Waals surface area contributed by atoms with Crippen LogP contribution in [0.4, 0.5) is 4.39 Å². The fraction of sp³-hybridized carbons (Fsp3) is 0.500. The average molecular weight is 416 g/mol. The number of halogens is 1. The van der Waals surface area contributed by atoms with Gasteiger partial charge in [-0.15, -0.1) is 11.3 Å². The lowest BCUT2D eigenvalue weighted by molar-refractivity contribution is -0.135. The number of thiazole rings is 1. The molecule has 2 fully saturated rings. The van der Waals surface area contributed by atoms with Crippen molar-refractivity contribution in [2.45, 2.75) is 57.0 Å². The zero-order chi connectivity index (χ0) is 20.4. The average Bonchev–Trinajstić information content (AvgIpc) is 3.43. The minimum Gasteiger partial charge on any atom is -0.332 e. The van der Waals surface area contributed by atoms with Crippen molar-refractivity contribution < 1.29 is 14.0 Å². The summed E-state index contributed by atoms with van der Waals surface area (Å²) in [6, 6.07) is 4.90. The third-order valence-corrected chi connectivity index (χ3v) is 7.07. The van der Waals surface area contributed by atoms with Crippen molar-refractivity contribution in [3.63, 3.8) is 0 Å². The first-order valence-corrected chi connectivity index (χ1v) is 11.2. The molecule has 1 aromatic carbocycles. The molecule has 1 amide bonds. The monoisotopic (exact) mass is 415 g/mol. The molecule has 154 valence electrons. The molecule has 2 atom stereocenters. The Balaban J connectivity index is 1.48. The van der Waals surface area contributed by atoms with E-state index >= 15 is 0 Å². The van der Waals surface area contributed by atoms with Crippen molar-refractivity contribution in [2.24, 2.45) is 11.7 Å². The molecule has 1 saturated carbocycles. The number of ketones is 1. The van der Waals surface area contributed by atoms with Crippen LogP contribution in [0.3, 0.4) is 0 Å². The molecule has 0 spiro atoms. The van der Waals surface area contributed by atoms with Gasteiger partial charge in [0.2, 0.25) is 11.7 Å². The number of rotatable bonds is 5. The first-order chi connectivity index (χ1) is 14.0. The van der Waals surface area contributed by atoms with E-state index in [-0.39, 0.29) is 29.5 Å². The van der Waals surface area contributed by atoms with Crippen molar-refractivity contribution >= 4 is 23.0 Å². The van der Waals surface area contributed by atoms with Gasteiger partial charge in [-0.25, -0.2) is 9.37 Å².